The highest BCUT2D eigenvalue weighted by molar-refractivity contribution is 5.84. The molecule has 30 heavy (non-hydrogen) atoms. The van der Waals surface area contributed by atoms with E-state index < -0.39 is 0 Å². The number of hydrogen-bond donors (Lipinski definition) is 0. The molecule has 1 aromatic heterocycles. The number of benzene rings is 1. The zero-order valence-corrected chi connectivity index (χ0v) is 18.5. The van der Waals surface area contributed by atoms with Gasteiger partial charge in [-0.2, -0.15) is 0 Å². The Kier molecular flexibility index (Phi) is 10.1. The van der Waals surface area contributed by atoms with E-state index in [-0.39, 0.29) is 18.4 Å². The van der Waals surface area contributed by atoms with E-state index in [0.717, 1.165) is 30.5 Å². The van der Waals surface area contributed by atoms with Crippen LogP contribution in [0.25, 0.3) is 0 Å². The topological polar surface area (TPSA) is 54.8 Å². The Bertz CT molecular complexity index is 773. The van der Waals surface area contributed by atoms with Crippen molar-refractivity contribution < 1.29 is 14.3 Å². The molecule has 0 aliphatic heterocycles. The van der Waals surface area contributed by atoms with Crippen LogP contribution in [-0.2, 0) is 34.5 Å². The first-order chi connectivity index (χ1) is 14.5. The molecule has 0 saturated heterocycles. The van der Waals surface area contributed by atoms with Crippen LogP contribution in [-0.4, -0.2) is 53.0 Å². The third kappa shape index (κ3) is 7.67. The predicted molar refractivity (Wildman–Crippen MR) is 119 cm³/mol. The van der Waals surface area contributed by atoms with Gasteiger partial charge in [-0.25, -0.2) is 0 Å². The van der Waals surface area contributed by atoms with Gasteiger partial charge in [0.25, 0.3) is 0 Å². The summed E-state index contributed by atoms with van der Waals surface area (Å²) in [7, 11) is 3.58. The van der Waals surface area contributed by atoms with Crippen LogP contribution in [0.15, 0.2) is 48.7 Å². The molecule has 0 unspecified atom stereocenters. The number of nitrogens with zero attached hydrogens (tertiary/aromatic N) is 3. The number of hydrogen-bond acceptors (Lipinski definition) is 3. The van der Waals surface area contributed by atoms with Gasteiger partial charge in [-0.05, 0) is 24.1 Å². The monoisotopic (exact) mass is 413 g/mol. The highest BCUT2D eigenvalue weighted by atomic mass is 16.5. The van der Waals surface area contributed by atoms with Gasteiger partial charge in [-0.15, -0.1) is 0 Å². The van der Waals surface area contributed by atoms with Gasteiger partial charge in [0.2, 0.25) is 11.8 Å². The molecule has 2 rings (SSSR count). The number of amides is 2. The third-order valence-corrected chi connectivity index (χ3v) is 5.21. The number of ether oxygens (including phenoxy) is 1. The van der Waals surface area contributed by atoms with Crippen molar-refractivity contribution in [3.63, 3.8) is 0 Å². The second-order valence-electron chi connectivity index (χ2n) is 7.61. The Morgan fingerprint density at radius 1 is 0.967 bits per heavy atom. The van der Waals surface area contributed by atoms with E-state index in [1.165, 1.54) is 0 Å². The van der Waals surface area contributed by atoms with Gasteiger partial charge in [-0.3, -0.25) is 9.59 Å². The van der Waals surface area contributed by atoms with Crippen LogP contribution in [0.4, 0.5) is 0 Å². The summed E-state index contributed by atoms with van der Waals surface area (Å²) in [4.78, 5) is 29.4. The van der Waals surface area contributed by atoms with Crippen LogP contribution >= 0.6 is 0 Å². The van der Waals surface area contributed by atoms with Crippen molar-refractivity contribution in [3.05, 3.63) is 59.9 Å². The van der Waals surface area contributed by atoms with E-state index in [1.54, 1.807) is 12.0 Å². The number of rotatable bonds is 13. The SMILES string of the molecule is CCCCCC(=O)N(CCOC)CC(=O)N(Cc1ccccc1)Cc1cccn1C. The number of carbonyl (C=O) groups excluding carboxylic acids is 2. The summed E-state index contributed by atoms with van der Waals surface area (Å²) < 4.78 is 7.18. The lowest BCUT2D eigenvalue weighted by Crippen LogP contribution is -2.43. The molecule has 2 amide bonds. The van der Waals surface area contributed by atoms with E-state index in [1.807, 2.05) is 65.2 Å². The number of carbonyl (C=O) groups is 2. The minimum absolute atomic E-state index is 0.0207. The van der Waals surface area contributed by atoms with Crippen LogP contribution < -0.4 is 0 Å². The van der Waals surface area contributed by atoms with Gasteiger partial charge in [0, 0.05) is 45.6 Å². The second kappa shape index (κ2) is 12.9. The molecule has 0 atom stereocenters. The fourth-order valence-electron chi connectivity index (χ4n) is 3.33. The average molecular weight is 414 g/mol. The Morgan fingerprint density at radius 3 is 2.37 bits per heavy atom. The zero-order chi connectivity index (χ0) is 21.8. The van der Waals surface area contributed by atoms with Crippen LogP contribution in [0.5, 0.6) is 0 Å². The van der Waals surface area contributed by atoms with E-state index >= 15 is 0 Å². The molecule has 164 valence electrons. The van der Waals surface area contributed by atoms with Crippen molar-refractivity contribution >= 4 is 11.8 Å². The third-order valence-electron chi connectivity index (χ3n) is 5.21. The Labute approximate surface area is 180 Å². The molecule has 2 aromatic rings. The molecule has 1 heterocycles. The first-order valence-electron chi connectivity index (χ1n) is 10.7. The fourth-order valence-corrected chi connectivity index (χ4v) is 3.33. The Balaban J connectivity index is 2.12. The van der Waals surface area contributed by atoms with Crippen molar-refractivity contribution in [3.8, 4) is 0 Å². The average Bonchev–Trinajstić information content (AvgIpc) is 3.15. The maximum absolute atomic E-state index is 13.3. The lowest BCUT2D eigenvalue weighted by molar-refractivity contribution is -0.141. The summed E-state index contributed by atoms with van der Waals surface area (Å²) >= 11 is 0. The fraction of sp³-hybridized carbons (Fsp3) is 0.500. The number of methoxy groups -OCH3 is 1. The largest absolute Gasteiger partial charge is 0.383 e. The lowest BCUT2D eigenvalue weighted by Gasteiger charge is -2.28. The van der Waals surface area contributed by atoms with E-state index in [4.69, 9.17) is 4.74 Å². The first kappa shape index (κ1) is 23.7. The minimum atomic E-state index is -0.0556. The summed E-state index contributed by atoms with van der Waals surface area (Å²) in [6, 6.07) is 13.9. The molecular formula is C24H35N3O3. The lowest BCUT2D eigenvalue weighted by atomic mass is 10.2. The van der Waals surface area contributed by atoms with Crippen LogP contribution in [0.2, 0.25) is 0 Å². The Morgan fingerprint density at radius 2 is 1.73 bits per heavy atom. The highest BCUT2D eigenvalue weighted by Crippen LogP contribution is 2.12. The van der Waals surface area contributed by atoms with E-state index in [2.05, 4.69) is 6.92 Å². The first-order valence-corrected chi connectivity index (χ1v) is 10.7. The summed E-state index contributed by atoms with van der Waals surface area (Å²) in [5, 5.41) is 0. The normalized spacial score (nSPS) is 10.8. The molecule has 6 nitrogen and oxygen atoms in total. The van der Waals surface area contributed by atoms with Gasteiger partial charge in [0.1, 0.15) is 0 Å². The standard InChI is InChI=1S/C24H35N3O3/c1-4-5-7-14-23(28)26(16-17-30-3)20-24(29)27(18-21-11-8-6-9-12-21)19-22-13-10-15-25(22)2/h6,8-13,15H,4-5,7,14,16-20H2,1-3H3. The van der Waals surface area contributed by atoms with Crippen molar-refractivity contribution in [2.45, 2.75) is 45.7 Å². The smallest absolute Gasteiger partial charge is 0.242 e. The van der Waals surface area contributed by atoms with Crippen molar-refractivity contribution in [2.75, 3.05) is 26.8 Å². The quantitative estimate of drug-likeness (QED) is 0.472. The Hall–Kier alpha value is -2.60. The van der Waals surface area contributed by atoms with Crippen molar-refractivity contribution in [2.24, 2.45) is 7.05 Å². The van der Waals surface area contributed by atoms with Gasteiger partial charge in [0.05, 0.1) is 19.7 Å². The van der Waals surface area contributed by atoms with E-state index in [0.29, 0.717) is 32.7 Å². The molecule has 0 saturated carbocycles. The van der Waals surface area contributed by atoms with Crippen molar-refractivity contribution in [1.29, 1.82) is 0 Å². The van der Waals surface area contributed by atoms with Gasteiger partial charge in [-0.1, -0.05) is 50.1 Å². The molecule has 0 N–H and O–H groups in total. The number of aromatic nitrogens is 1. The summed E-state index contributed by atoms with van der Waals surface area (Å²) in [6.45, 7) is 4.04. The molecule has 1 aromatic carbocycles. The number of aryl methyl sites for hydroxylation is 1. The van der Waals surface area contributed by atoms with Crippen LogP contribution in [0, 0.1) is 0 Å². The molecule has 0 aliphatic carbocycles. The second-order valence-corrected chi connectivity index (χ2v) is 7.61. The molecule has 0 spiro atoms. The van der Waals surface area contributed by atoms with Crippen LogP contribution in [0.1, 0.15) is 43.9 Å². The zero-order valence-electron chi connectivity index (χ0n) is 18.5. The maximum Gasteiger partial charge on any atom is 0.242 e. The summed E-state index contributed by atoms with van der Waals surface area (Å²) in [5.41, 5.74) is 2.12. The molecule has 0 aliphatic rings. The number of unbranched alkanes of at least 4 members (excludes halogenated alkanes) is 2. The predicted octanol–water partition coefficient (Wildman–Crippen LogP) is 3.61. The maximum atomic E-state index is 13.3. The minimum Gasteiger partial charge on any atom is -0.383 e. The summed E-state index contributed by atoms with van der Waals surface area (Å²) in [6.07, 6.45) is 5.38. The molecule has 0 radical (unpaired) electrons. The van der Waals surface area contributed by atoms with Crippen molar-refractivity contribution in [1.82, 2.24) is 14.4 Å². The van der Waals surface area contributed by atoms with E-state index in [9.17, 15) is 9.59 Å². The molecule has 0 fully saturated rings. The van der Waals surface area contributed by atoms with Crippen LogP contribution in [0.3, 0.4) is 0 Å². The molecular weight excluding hydrogens is 378 g/mol. The van der Waals surface area contributed by atoms with Gasteiger partial charge >= 0.3 is 0 Å². The van der Waals surface area contributed by atoms with Gasteiger partial charge < -0.3 is 19.1 Å². The molecule has 0 bridgehead atoms. The van der Waals surface area contributed by atoms with Gasteiger partial charge in [0.15, 0.2) is 0 Å². The molecule has 6 heteroatoms. The summed E-state index contributed by atoms with van der Waals surface area (Å²) in [5.74, 6) is -0.0348. The highest BCUT2D eigenvalue weighted by Gasteiger charge is 2.22.